The summed E-state index contributed by atoms with van der Waals surface area (Å²) in [5.41, 5.74) is 0. The SMILES string of the molecule is [S]C(Br)(Br)C(Br)(Br)C(Br)(Br)Br. The maximum atomic E-state index is 5.12. The molecule has 0 bridgehead atoms. The van der Waals surface area contributed by atoms with Crippen molar-refractivity contribution in [3.05, 3.63) is 0 Å². The summed E-state index contributed by atoms with van der Waals surface area (Å²) >= 11 is 28.5. The third-order valence-electron chi connectivity index (χ3n) is 0.722. The molecular weight excluding hydrogens is 627 g/mol. The van der Waals surface area contributed by atoms with Crippen LogP contribution in [0.3, 0.4) is 0 Å². The van der Waals surface area contributed by atoms with Crippen molar-refractivity contribution in [2.45, 2.75) is 7.94 Å². The maximum Gasteiger partial charge on any atom is 0.163 e. The fourth-order valence-corrected chi connectivity index (χ4v) is 3.79. The van der Waals surface area contributed by atoms with Gasteiger partial charge in [-0.2, -0.15) is 0 Å². The predicted molar refractivity (Wildman–Crippen MR) is 78.3 cm³/mol. The Hall–Kier alpha value is 3.71. The molecule has 0 unspecified atom stereocenters. The van der Waals surface area contributed by atoms with Gasteiger partial charge in [0.05, 0.1) is 0 Å². The third-order valence-corrected chi connectivity index (χ3v) is 12.2. The Balaban J connectivity index is 4.75. The van der Waals surface area contributed by atoms with Crippen molar-refractivity contribution in [1.82, 2.24) is 0 Å². The molecule has 0 aromatic rings. The molecule has 0 N–H and O–H groups in total. The maximum absolute atomic E-state index is 5.12. The second kappa shape index (κ2) is 4.70. The molecule has 0 saturated heterocycles. The Bertz CT molecular complexity index is 125. The Morgan fingerprint density at radius 1 is 0.727 bits per heavy atom. The van der Waals surface area contributed by atoms with Crippen LogP contribution in [0.2, 0.25) is 0 Å². The molecule has 0 fully saturated rings. The van der Waals surface area contributed by atoms with Crippen LogP contribution in [0.25, 0.3) is 0 Å². The number of hydrogen-bond acceptors (Lipinski definition) is 0. The van der Waals surface area contributed by atoms with E-state index >= 15 is 0 Å². The van der Waals surface area contributed by atoms with Gasteiger partial charge in [0, 0.05) is 0 Å². The number of rotatable bonds is 1. The van der Waals surface area contributed by atoms with Gasteiger partial charge in [-0.15, -0.1) is 0 Å². The summed E-state index contributed by atoms with van der Waals surface area (Å²) in [5, 5.41) is 0. The minimum Gasteiger partial charge on any atom is -0.0657 e. The van der Waals surface area contributed by atoms with Gasteiger partial charge in [0.15, 0.2) is 7.94 Å². The molecule has 0 aliphatic heterocycles. The molecule has 0 spiro atoms. The Labute approximate surface area is 130 Å². The van der Waals surface area contributed by atoms with Crippen LogP contribution in [0.15, 0.2) is 0 Å². The first-order valence-corrected chi connectivity index (χ1v) is 7.99. The lowest BCUT2D eigenvalue weighted by Gasteiger charge is -2.36. The zero-order valence-electron chi connectivity index (χ0n) is 4.55. The van der Waals surface area contributed by atoms with Crippen LogP contribution in [0.4, 0.5) is 0 Å². The second-order valence-corrected chi connectivity index (χ2v) is 16.9. The predicted octanol–water partition coefficient (Wildman–Crippen LogP) is 5.95. The van der Waals surface area contributed by atoms with Gasteiger partial charge >= 0.3 is 0 Å². The average molecular weight is 627 g/mol. The average Bonchev–Trinajstić information content (AvgIpc) is 1.58. The first-order chi connectivity index (χ1) is 4.50. The smallest absolute Gasteiger partial charge is 0.0657 e. The molecule has 0 aliphatic rings. The van der Waals surface area contributed by atoms with Crippen LogP contribution in [-0.4, -0.2) is 7.94 Å². The highest BCUT2D eigenvalue weighted by Crippen LogP contribution is 2.63. The molecule has 0 aromatic heterocycles. The molecule has 0 rings (SSSR count). The molecule has 0 nitrogen and oxygen atoms in total. The van der Waals surface area contributed by atoms with Gasteiger partial charge in [-0.3, -0.25) is 0 Å². The van der Waals surface area contributed by atoms with Crippen molar-refractivity contribution in [1.29, 1.82) is 0 Å². The van der Waals surface area contributed by atoms with Gasteiger partial charge < -0.3 is 0 Å². The van der Waals surface area contributed by atoms with Crippen molar-refractivity contribution in [3.63, 3.8) is 0 Å². The fourth-order valence-electron chi connectivity index (χ4n) is 0.165. The van der Waals surface area contributed by atoms with Gasteiger partial charge in [-0.05, 0) is 0 Å². The van der Waals surface area contributed by atoms with E-state index in [1.165, 1.54) is 0 Å². The van der Waals surface area contributed by atoms with E-state index in [1.54, 1.807) is 0 Å². The highest BCUT2D eigenvalue weighted by Gasteiger charge is 2.55. The van der Waals surface area contributed by atoms with Crippen LogP contribution in [0.1, 0.15) is 0 Å². The summed E-state index contributed by atoms with van der Waals surface area (Å²) < 4.78 is -1.87. The van der Waals surface area contributed by atoms with E-state index in [9.17, 15) is 0 Å². The van der Waals surface area contributed by atoms with Gasteiger partial charge in [-0.1, -0.05) is 124 Å². The van der Waals surface area contributed by atoms with Crippen LogP contribution in [0.5, 0.6) is 0 Å². The topological polar surface area (TPSA) is 0 Å². The lowest BCUT2D eigenvalue weighted by molar-refractivity contribution is 0.995. The number of hydrogen-bond donors (Lipinski definition) is 0. The first-order valence-electron chi connectivity index (χ1n) is 2.03. The van der Waals surface area contributed by atoms with Crippen molar-refractivity contribution < 1.29 is 0 Å². The monoisotopic (exact) mass is 620 g/mol. The Kier molecular flexibility index (Phi) is 6.28. The summed E-state index contributed by atoms with van der Waals surface area (Å²) in [7, 11) is 0. The van der Waals surface area contributed by atoms with Crippen LogP contribution < -0.4 is 0 Å². The quantitative estimate of drug-likeness (QED) is 0.316. The van der Waals surface area contributed by atoms with Gasteiger partial charge in [0.2, 0.25) is 0 Å². The van der Waals surface area contributed by atoms with Gasteiger partial charge in [0.25, 0.3) is 0 Å². The number of alkyl halides is 7. The van der Waals surface area contributed by atoms with Crippen LogP contribution in [0, 0.1) is 0 Å². The lowest BCUT2D eigenvalue weighted by Crippen LogP contribution is -2.40. The molecule has 0 amide bonds. The highest BCUT2D eigenvalue weighted by molar-refractivity contribution is 9.42. The second-order valence-electron chi connectivity index (χ2n) is 1.59. The molecule has 1 radical (unpaired) electrons. The zero-order chi connectivity index (χ0) is 9.50. The molecular formula is C3Br7S. The molecule has 8 heteroatoms. The van der Waals surface area contributed by atoms with Crippen LogP contribution in [-0.2, 0) is 0 Å². The van der Waals surface area contributed by atoms with Crippen molar-refractivity contribution in [3.8, 4) is 0 Å². The normalized spacial score (nSPS) is 15.3. The van der Waals surface area contributed by atoms with Crippen molar-refractivity contribution in [2.24, 2.45) is 0 Å². The molecule has 0 atom stereocenters. The summed E-state index contributed by atoms with van der Waals surface area (Å²) in [4.78, 5) is 0. The standard InChI is InChI=1S/C3Br7S/c4-1(5,2(6,7)8)3(9,10)11. The highest BCUT2D eigenvalue weighted by atomic mass is 80.0. The van der Waals surface area contributed by atoms with E-state index in [-0.39, 0.29) is 0 Å². The van der Waals surface area contributed by atoms with E-state index in [0.29, 0.717) is 0 Å². The van der Waals surface area contributed by atoms with Gasteiger partial charge in [-0.25, -0.2) is 0 Å². The third kappa shape index (κ3) is 3.99. The molecule has 11 heavy (non-hydrogen) atoms. The van der Waals surface area contributed by atoms with E-state index in [4.69, 9.17) is 12.6 Å². The summed E-state index contributed by atoms with van der Waals surface area (Å²) in [5.74, 6) is 0. The molecule has 67 valence electrons. The van der Waals surface area contributed by atoms with E-state index in [1.807, 2.05) is 0 Å². The van der Waals surface area contributed by atoms with Crippen LogP contribution >= 0.6 is 124 Å². The minimum atomic E-state index is -0.719. The minimum absolute atomic E-state index is 0.547. The molecule has 0 heterocycles. The zero-order valence-corrected chi connectivity index (χ0v) is 16.5. The largest absolute Gasteiger partial charge is 0.163 e. The van der Waals surface area contributed by atoms with Crippen molar-refractivity contribution >= 4 is 124 Å². The molecule has 0 aromatic carbocycles. The van der Waals surface area contributed by atoms with E-state index < -0.39 is 7.94 Å². The Morgan fingerprint density at radius 3 is 1.00 bits per heavy atom. The Morgan fingerprint density at radius 2 is 1.00 bits per heavy atom. The summed E-state index contributed by atoms with van der Waals surface area (Å²) in [6.07, 6.45) is 0. The summed E-state index contributed by atoms with van der Waals surface area (Å²) in [6, 6.07) is 0. The van der Waals surface area contributed by atoms with E-state index in [0.717, 1.165) is 0 Å². The van der Waals surface area contributed by atoms with Gasteiger partial charge in [0.1, 0.15) is 0 Å². The molecule has 0 aliphatic carbocycles. The first kappa shape index (κ1) is 14.7. The molecule has 0 saturated carbocycles. The fraction of sp³-hybridized carbons (Fsp3) is 1.00. The summed E-state index contributed by atoms with van der Waals surface area (Å²) in [6.45, 7) is 0. The number of halogens is 7. The van der Waals surface area contributed by atoms with E-state index in [2.05, 4.69) is 112 Å². The lowest BCUT2D eigenvalue weighted by atomic mass is 10.6. The van der Waals surface area contributed by atoms with Crippen molar-refractivity contribution in [2.75, 3.05) is 0 Å².